The van der Waals surface area contributed by atoms with Crippen molar-refractivity contribution in [2.24, 2.45) is 5.10 Å². The molecule has 0 bridgehead atoms. The maximum absolute atomic E-state index is 11.2. The van der Waals surface area contributed by atoms with Crippen LogP contribution < -0.4 is 15.8 Å². The number of likely N-dealkylation sites (N-methyl/N-ethyl adjacent to an activating group) is 1. The fourth-order valence-electron chi connectivity index (χ4n) is 3.54. The Bertz CT molecular complexity index is 1030. The number of benzene rings is 1. The zero-order valence-electron chi connectivity index (χ0n) is 19.7. The zero-order valence-corrected chi connectivity index (χ0v) is 19.7. The van der Waals surface area contributed by atoms with Gasteiger partial charge in [-0.1, -0.05) is 36.9 Å². The highest BCUT2D eigenvalue weighted by Gasteiger charge is 2.28. The molecule has 0 fully saturated rings. The molecule has 3 rings (SSSR count). The monoisotopic (exact) mass is 448 g/mol. The van der Waals surface area contributed by atoms with E-state index in [1.54, 1.807) is 25.6 Å². The van der Waals surface area contributed by atoms with Crippen LogP contribution in [0.1, 0.15) is 30.5 Å². The largest absolute Gasteiger partial charge is 0.383 e. The van der Waals surface area contributed by atoms with Crippen LogP contribution in [0.5, 0.6) is 0 Å². The number of hydrogen-bond acceptors (Lipinski definition) is 7. The number of methoxy groups -OCH3 is 1. The minimum absolute atomic E-state index is 0.0129. The van der Waals surface area contributed by atoms with Crippen LogP contribution in [-0.4, -0.2) is 55.0 Å². The summed E-state index contributed by atoms with van der Waals surface area (Å²) in [4.78, 5) is 15.8. The van der Waals surface area contributed by atoms with Crippen LogP contribution >= 0.6 is 0 Å². The molecule has 1 aromatic carbocycles. The van der Waals surface area contributed by atoms with Crippen molar-refractivity contribution in [1.29, 1.82) is 0 Å². The van der Waals surface area contributed by atoms with Gasteiger partial charge in [0.2, 0.25) is 5.91 Å². The lowest BCUT2D eigenvalue weighted by Crippen LogP contribution is -2.52. The summed E-state index contributed by atoms with van der Waals surface area (Å²) in [6, 6.07) is 12.2. The molecule has 1 amide bonds. The van der Waals surface area contributed by atoms with E-state index in [-0.39, 0.29) is 11.9 Å². The van der Waals surface area contributed by atoms with Crippen LogP contribution in [0.3, 0.4) is 0 Å². The van der Waals surface area contributed by atoms with E-state index in [1.165, 1.54) is 6.92 Å². The molecule has 33 heavy (non-hydrogen) atoms. The molecule has 2 aromatic rings. The van der Waals surface area contributed by atoms with Crippen molar-refractivity contribution in [3.8, 4) is 0 Å². The van der Waals surface area contributed by atoms with Gasteiger partial charge in [-0.15, -0.1) is 0 Å². The van der Waals surface area contributed by atoms with Crippen molar-refractivity contribution in [3.05, 3.63) is 78.1 Å². The number of aromatic nitrogens is 1. The van der Waals surface area contributed by atoms with Crippen molar-refractivity contribution in [2.45, 2.75) is 26.4 Å². The minimum Gasteiger partial charge on any atom is -0.383 e. The first-order valence-electron chi connectivity index (χ1n) is 10.9. The quantitative estimate of drug-likeness (QED) is 0.453. The molecule has 0 spiro atoms. The van der Waals surface area contributed by atoms with E-state index in [9.17, 15) is 4.79 Å². The summed E-state index contributed by atoms with van der Waals surface area (Å²) in [6.45, 7) is 9.38. The van der Waals surface area contributed by atoms with E-state index in [0.29, 0.717) is 19.7 Å². The maximum atomic E-state index is 11.2. The summed E-state index contributed by atoms with van der Waals surface area (Å²) in [5.74, 6) is 0.728. The second kappa shape index (κ2) is 11.4. The highest BCUT2D eigenvalue weighted by atomic mass is 16.5. The number of anilines is 1. The second-order valence-electron chi connectivity index (χ2n) is 7.87. The van der Waals surface area contributed by atoms with E-state index >= 15 is 0 Å². The van der Waals surface area contributed by atoms with Gasteiger partial charge in [0.25, 0.3) is 0 Å². The fourth-order valence-corrected chi connectivity index (χ4v) is 3.54. The molecule has 8 heteroatoms. The third-order valence-corrected chi connectivity index (χ3v) is 5.25. The molecule has 0 saturated carbocycles. The molecular weight excluding hydrogens is 416 g/mol. The van der Waals surface area contributed by atoms with E-state index in [1.807, 2.05) is 30.3 Å². The Kier molecular flexibility index (Phi) is 8.34. The predicted molar refractivity (Wildman–Crippen MR) is 132 cm³/mol. The van der Waals surface area contributed by atoms with E-state index < -0.39 is 0 Å². The molecule has 174 valence electrons. The van der Waals surface area contributed by atoms with Crippen molar-refractivity contribution >= 4 is 23.0 Å². The number of nitrogens with one attached hydrogen (secondary N) is 2. The Morgan fingerprint density at radius 3 is 2.79 bits per heavy atom. The van der Waals surface area contributed by atoms with Crippen molar-refractivity contribution < 1.29 is 9.53 Å². The summed E-state index contributed by atoms with van der Waals surface area (Å²) in [7, 11) is 3.63. The van der Waals surface area contributed by atoms with Crippen molar-refractivity contribution in [3.63, 3.8) is 0 Å². The first kappa shape index (κ1) is 24.2. The highest BCUT2D eigenvalue weighted by Crippen LogP contribution is 2.25. The van der Waals surface area contributed by atoms with Crippen LogP contribution in [0.25, 0.3) is 5.57 Å². The van der Waals surface area contributed by atoms with Gasteiger partial charge in [-0.05, 0) is 35.8 Å². The number of fused-ring (bicyclic) bond motifs is 1. The molecule has 2 N–H and O–H groups in total. The first-order valence-corrected chi connectivity index (χ1v) is 10.9. The summed E-state index contributed by atoms with van der Waals surface area (Å²) >= 11 is 0. The number of hydrogen-bond donors (Lipinski definition) is 2. The Labute approximate surface area is 195 Å². The van der Waals surface area contributed by atoms with Gasteiger partial charge < -0.3 is 10.1 Å². The SMILES string of the molecule is C=C/C(=C\NC(C)=O)c1ccc(CN2NC(C)/C(=N\N(C)CCOC)c3cccnc32)cc1. The summed E-state index contributed by atoms with van der Waals surface area (Å²) < 4.78 is 5.16. The number of rotatable bonds is 9. The molecule has 1 aliphatic rings. The second-order valence-corrected chi connectivity index (χ2v) is 7.87. The number of carbonyl (C=O) groups is 1. The van der Waals surface area contributed by atoms with Crippen LogP contribution in [0.4, 0.5) is 5.82 Å². The Morgan fingerprint density at radius 2 is 2.12 bits per heavy atom. The third-order valence-electron chi connectivity index (χ3n) is 5.25. The molecule has 0 aliphatic carbocycles. The molecule has 1 unspecified atom stereocenters. The standard InChI is InChI=1S/C25H32N6O2/c1-6-21(16-27-19(3)32)22-11-9-20(10-12-22)17-31-25-23(8-7-13-26-25)24(18(2)28-31)29-30(4)14-15-33-5/h6-13,16,18,28H,1,14-15,17H2,2-5H3,(H,27,32)/b21-16+,29-24+. The molecule has 0 radical (unpaired) electrons. The number of pyridine rings is 1. The third kappa shape index (κ3) is 6.27. The van der Waals surface area contributed by atoms with Crippen LogP contribution in [0.2, 0.25) is 0 Å². The van der Waals surface area contributed by atoms with Gasteiger partial charge in [0.1, 0.15) is 0 Å². The van der Waals surface area contributed by atoms with Gasteiger partial charge in [0.15, 0.2) is 5.82 Å². The molecule has 2 heterocycles. The fraction of sp³-hybridized carbons (Fsp3) is 0.320. The van der Waals surface area contributed by atoms with Gasteiger partial charge in [0.05, 0.1) is 31.4 Å². The van der Waals surface area contributed by atoms with Crippen LogP contribution in [0.15, 0.2) is 66.6 Å². The lowest BCUT2D eigenvalue weighted by molar-refractivity contribution is -0.118. The van der Waals surface area contributed by atoms with E-state index in [2.05, 4.69) is 52.4 Å². The Morgan fingerprint density at radius 1 is 1.36 bits per heavy atom. The number of nitrogens with zero attached hydrogens (tertiary/aromatic N) is 4. The van der Waals surface area contributed by atoms with Crippen LogP contribution in [0, 0.1) is 0 Å². The van der Waals surface area contributed by atoms with Gasteiger partial charge in [-0.3, -0.25) is 14.8 Å². The Hall–Kier alpha value is -3.49. The molecular formula is C25H32N6O2. The maximum Gasteiger partial charge on any atom is 0.220 e. The molecule has 8 nitrogen and oxygen atoms in total. The Balaban J connectivity index is 1.80. The van der Waals surface area contributed by atoms with Crippen LogP contribution in [-0.2, 0) is 16.1 Å². The topological polar surface area (TPSA) is 82.1 Å². The van der Waals surface area contributed by atoms with Crippen molar-refractivity contribution in [1.82, 2.24) is 20.7 Å². The normalized spacial score (nSPS) is 17.0. The summed E-state index contributed by atoms with van der Waals surface area (Å²) in [6.07, 6.45) is 5.19. The molecule has 1 aromatic heterocycles. The number of amides is 1. The predicted octanol–water partition coefficient (Wildman–Crippen LogP) is 2.94. The molecule has 1 aliphatic heterocycles. The average molecular weight is 449 g/mol. The minimum atomic E-state index is -0.116. The smallest absolute Gasteiger partial charge is 0.220 e. The summed E-state index contributed by atoms with van der Waals surface area (Å²) in [5.41, 5.74) is 8.43. The number of hydrazine groups is 1. The highest BCUT2D eigenvalue weighted by molar-refractivity contribution is 6.09. The number of ether oxygens (including phenoxy) is 1. The lowest BCUT2D eigenvalue weighted by Gasteiger charge is -2.36. The van der Waals surface area contributed by atoms with Crippen molar-refractivity contribution in [2.75, 3.05) is 32.3 Å². The van der Waals surface area contributed by atoms with E-state index in [0.717, 1.165) is 33.8 Å². The van der Waals surface area contributed by atoms with Gasteiger partial charge in [-0.25, -0.2) is 10.4 Å². The number of allylic oxidation sites excluding steroid dienone is 2. The van der Waals surface area contributed by atoms with Gasteiger partial charge >= 0.3 is 0 Å². The summed E-state index contributed by atoms with van der Waals surface area (Å²) in [5, 5.41) is 11.5. The average Bonchev–Trinajstić information content (AvgIpc) is 2.81. The zero-order chi connectivity index (χ0) is 23.8. The van der Waals surface area contributed by atoms with Gasteiger partial charge in [0, 0.05) is 39.0 Å². The van der Waals surface area contributed by atoms with Gasteiger partial charge in [-0.2, -0.15) is 5.10 Å². The molecule has 1 atom stereocenters. The number of carbonyl (C=O) groups excluding carboxylic acids is 1. The number of hydrazone groups is 1. The van der Waals surface area contributed by atoms with E-state index in [4.69, 9.17) is 9.84 Å². The lowest BCUT2D eigenvalue weighted by atomic mass is 10.0. The first-order chi connectivity index (χ1) is 15.9. The molecule has 0 saturated heterocycles.